The molecule has 0 saturated carbocycles. The Labute approximate surface area is 279 Å². The van der Waals surface area contributed by atoms with E-state index in [0.29, 0.717) is 0 Å². The van der Waals surface area contributed by atoms with Gasteiger partial charge in [0, 0.05) is 10.8 Å². The van der Waals surface area contributed by atoms with Gasteiger partial charge < -0.3 is 4.42 Å². The second kappa shape index (κ2) is 11.6. The van der Waals surface area contributed by atoms with E-state index in [0.717, 1.165) is 21.9 Å². The average Bonchev–Trinajstić information content (AvgIpc) is 3.48. The van der Waals surface area contributed by atoms with Crippen LogP contribution in [0.25, 0.3) is 87.6 Å². The number of benzene rings is 7. The number of rotatable bonds is 3. The lowest BCUT2D eigenvalue weighted by molar-refractivity contribution is 0.669. The van der Waals surface area contributed by atoms with Crippen LogP contribution >= 0.6 is 0 Å². The number of furan rings is 1. The maximum absolute atomic E-state index is 6.29. The van der Waals surface area contributed by atoms with Gasteiger partial charge in [0.25, 0.3) is 0 Å². The Kier molecular flexibility index (Phi) is 6.76. The van der Waals surface area contributed by atoms with E-state index in [-0.39, 0.29) is 0 Å². The van der Waals surface area contributed by atoms with E-state index in [1.54, 1.807) is 0 Å². The van der Waals surface area contributed by atoms with Crippen LogP contribution in [0.2, 0.25) is 0 Å². The zero-order chi connectivity index (χ0) is 32.0. The predicted molar refractivity (Wildman–Crippen MR) is 205 cm³/mol. The molecule has 0 aliphatic carbocycles. The first kappa shape index (κ1) is 28.1. The van der Waals surface area contributed by atoms with E-state index >= 15 is 0 Å². The average molecular weight is 613 g/mol. The van der Waals surface area contributed by atoms with Crippen molar-refractivity contribution < 1.29 is 4.42 Å². The van der Waals surface area contributed by atoms with Crippen molar-refractivity contribution >= 4 is 54.3 Å². The highest BCUT2D eigenvalue weighted by Gasteiger charge is 2.17. The number of aryl methyl sites for hydroxylation is 1. The third-order valence-corrected chi connectivity index (χ3v) is 9.54. The molecule has 1 heteroatoms. The SMILES string of the molecule is Cc1ccccccc2oc3ccc(-c4ccc(-c5c6ccccc6c(-c6ccc7ccccc7c6)c6ccccc56)cc4)cc3c2c1. The predicted octanol–water partition coefficient (Wildman–Crippen LogP) is 13.5. The third-order valence-electron chi connectivity index (χ3n) is 9.54. The van der Waals surface area contributed by atoms with Crippen LogP contribution in [-0.2, 0) is 0 Å². The quantitative estimate of drug-likeness (QED) is 0.181. The van der Waals surface area contributed by atoms with E-state index in [4.69, 9.17) is 4.42 Å². The number of hydrogen-bond acceptors (Lipinski definition) is 1. The molecule has 1 aromatic heterocycles. The molecule has 0 atom stereocenters. The molecular weight excluding hydrogens is 581 g/mol. The summed E-state index contributed by atoms with van der Waals surface area (Å²) in [5.74, 6) is 0. The summed E-state index contributed by atoms with van der Waals surface area (Å²) in [6.07, 6.45) is 0. The zero-order valence-electron chi connectivity index (χ0n) is 26.7. The molecule has 0 spiro atoms. The summed E-state index contributed by atoms with van der Waals surface area (Å²) in [5, 5.41) is 9.80. The van der Waals surface area contributed by atoms with Gasteiger partial charge in [-0.05, 0) is 103 Å². The normalized spacial score (nSPS) is 11.4. The molecule has 9 rings (SSSR count). The smallest absolute Gasteiger partial charge is 0.135 e. The fourth-order valence-electron chi connectivity index (χ4n) is 7.27. The second-order valence-electron chi connectivity index (χ2n) is 12.6. The van der Waals surface area contributed by atoms with Crippen molar-refractivity contribution in [1.29, 1.82) is 0 Å². The van der Waals surface area contributed by atoms with Crippen molar-refractivity contribution in [2.24, 2.45) is 0 Å². The summed E-state index contributed by atoms with van der Waals surface area (Å²) >= 11 is 0. The van der Waals surface area contributed by atoms with E-state index < -0.39 is 0 Å². The van der Waals surface area contributed by atoms with Gasteiger partial charge in [-0.25, -0.2) is 0 Å². The van der Waals surface area contributed by atoms with Gasteiger partial charge >= 0.3 is 0 Å². The van der Waals surface area contributed by atoms with Gasteiger partial charge in [0.1, 0.15) is 11.2 Å². The highest BCUT2D eigenvalue weighted by Crippen LogP contribution is 2.44. The van der Waals surface area contributed by atoms with Crippen LogP contribution < -0.4 is 0 Å². The molecule has 0 amide bonds. The topological polar surface area (TPSA) is 13.1 Å². The first-order valence-electron chi connectivity index (χ1n) is 16.5. The van der Waals surface area contributed by atoms with Crippen LogP contribution in [-0.4, -0.2) is 0 Å². The highest BCUT2D eigenvalue weighted by molar-refractivity contribution is 6.21. The number of hydrogen-bond donors (Lipinski definition) is 0. The van der Waals surface area contributed by atoms with Crippen LogP contribution in [0.15, 0.2) is 180 Å². The van der Waals surface area contributed by atoms with Gasteiger partial charge in [0.2, 0.25) is 0 Å². The zero-order valence-corrected chi connectivity index (χ0v) is 26.7. The molecule has 1 heterocycles. The van der Waals surface area contributed by atoms with Crippen LogP contribution in [0.3, 0.4) is 0 Å². The van der Waals surface area contributed by atoms with Gasteiger partial charge in [0.15, 0.2) is 0 Å². The fourth-order valence-corrected chi connectivity index (χ4v) is 7.27. The fraction of sp³-hybridized carbons (Fsp3) is 0.0213. The molecule has 0 bridgehead atoms. The minimum absolute atomic E-state index is 0.877. The Morgan fingerprint density at radius 3 is 1.52 bits per heavy atom. The summed E-state index contributed by atoms with van der Waals surface area (Å²) < 4.78 is 6.29. The summed E-state index contributed by atoms with van der Waals surface area (Å²) in [6.45, 7) is 2.13. The maximum atomic E-state index is 6.29. The molecular formula is C47H32O. The summed E-state index contributed by atoms with van der Waals surface area (Å²) in [6, 6.07) is 63.3. The molecule has 48 heavy (non-hydrogen) atoms. The van der Waals surface area contributed by atoms with Crippen LogP contribution in [0.5, 0.6) is 0 Å². The molecule has 0 aliphatic heterocycles. The molecule has 8 aromatic carbocycles. The minimum atomic E-state index is 0.877. The monoisotopic (exact) mass is 612 g/mol. The Balaban J connectivity index is 1.20. The Bertz CT molecular complexity index is 2670. The summed E-state index contributed by atoms with van der Waals surface area (Å²) in [7, 11) is 0. The lowest BCUT2D eigenvalue weighted by atomic mass is 9.85. The van der Waals surface area contributed by atoms with Gasteiger partial charge in [-0.2, -0.15) is 0 Å². The first-order chi connectivity index (χ1) is 23.7. The van der Waals surface area contributed by atoms with Crippen molar-refractivity contribution in [1.82, 2.24) is 0 Å². The van der Waals surface area contributed by atoms with Gasteiger partial charge in [0.05, 0.1) is 0 Å². The second-order valence-corrected chi connectivity index (χ2v) is 12.6. The van der Waals surface area contributed by atoms with Crippen LogP contribution in [0.4, 0.5) is 0 Å². The van der Waals surface area contributed by atoms with E-state index in [1.165, 1.54) is 71.3 Å². The molecule has 9 aromatic rings. The van der Waals surface area contributed by atoms with Gasteiger partial charge in [-0.3, -0.25) is 0 Å². The lowest BCUT2D eigenvalue weighted by Gasteiger charge is -2.18. The van der Waals surface area contributed by atoms with E-state index in [1.807, 2.05) is 24.3 Å². The van der Waals surface area contributed by atoms with Crippen molar-refractivity contribution in [2.75, 3.05) is 0 Å². The van der Waals surface area contributed by atoms with E-state index in [2.05, 4.69) is 159 Å². The lowest BCUT2D eigenvalue weighted by Crippen LogP contribution is -1.91. The molecule has 0 unspecified atom stereocenters. The molecule has 0 saturated heterocycles. The van der Waals surface area contributed by atoms with Crippen LogP contribution in [0.1, 0.15) is 5.56 Å². The van der Waals surface area contributed by atoms with Crippen LogP contribution in [0, 0.1) is 6.92 Å². The molecule has 0 N–H and O–H groups in total. The molecule has 1 nitrogen and oxygen atoms in total. The Hall–Kier alpha value is -6.18. The van der Waals surface area contributed by atoms with Crippen molar-refractivity contribution in [2.45, 2.75) is 6.92 Å². The van der Waals surface area contributed by atoms with Gasteiger partial charge in [-0.15, -0.1) is 0 Å². The van der Waals surface area contributed by atoms with Crippen molar-refractivity contribution in [3.63, 3.8) is 0 Å². The third kappa shape index (κ3) is 4.80. The molecule has 0 fully saturated rings. The summed E-state index contributed by atoms with van der Waals surface area (Å²) in [4.78, 5) is 0. The Morgan fingerprint density at radius 2 is 0.812 bits per heavy atom. The molecule has 0 radical (unpaired) electrons. The maximum Gasteiger partial charge on any atom is 0.135 e. The molecule has 226 valence electrons. The highest BCUT2D eigenvalue weighted by atomic mass is 16.3. The first-order valence-corrected chi connectivity index (χ1v) is 16.5. The Morgan fingerprint density at radius 1 is 0.312 bits per heavy atom. The largest absolute Gasteiger partial charge is 0.456 e. The standard InChI is InChI=1S/C47H32O/c1-31-12-4-2-3-5-19-44-42(28-31)43-30-36(26-27-45(43)48-44)33-20-23-34(24-21-33)46-38-15-8-10-17-40(38)47(41-18-11-9-16-39(41)46)37-25-22-32-13-6-7-14-35(32)29-37/h2-30H,1H3. The molecule has 0 aliphatic rings. The summed E-state index contributed by atoms with van der Waals surface area (Å²) in [5.41, 5.74) is 10.3. The van der Waals surface area contributed by atoms with Crippen molar-refractivity contribution in [3.05, 3.63) is 181 Å². The van der Waals surface area contributed by atoms with Crippen molar-refractivity contribution in [3.8, 4) is 33.4 Å². The minimum Gasteiger partial charge on any atom is -0.456 e. The van der Waals surface area contributed by atoms with E-state index in [9.17, 15) is 0 Å². The number of fused-ring (bicyclic) bond motifs is 6. The van der Waals surface area contributed by atoms with Gasteiger partial charge in [-0.1, -0.05) is 151 Å².